The summed E-state index contributed by atoms with van der Waals surface area (Å²) < 4.78 is 4.58. The predicted molar refractivity (Wildman–Crippen MR) is 48.2 cm³/mol. The molecule has 0 radical (unpaired) electrons. The molecule has 1 rings (SSSR count). The SMILES string of the molecule is CCC(O)C(C)Cc1nonc1C. The Balaban J connectivity index is 2.54. The molecule has 4 nitrogen and oxygen atoms in total. The summed E-state index contributed by atoms with van der Waals surface area (Å²) >= 11 is 0. The lowest BCUT2D eigenvalue weighted by molar-refractivity contribution is 0.111. The standard InChI is InChI=1S/C9H16N2O2/c1-4-9(12)6(2)5-8-7(3)10-13-11-8/h6,9,12H,4-5H2,1-3H3. The number of aromatic nitrogens is 2. The van der Waals surface area contributed by atoms with Crippen LogP contribution in [0.2, 0.25) is 0 Å². The minimum absolute atomic E-state index is 0.204. The van der Waals surface area contributed by atoms with Gasteiger partial charge in [0.2, 0.25) is 0 Å². The van der Waals surface area contributed by atoms with Gasteiger partial charge in [0.05, 0.1) is 6.10 Å². The smallest absolute Gasteiger partial charge is 0.108 e. The van der Waals surface area contributed by atoms with Gasteiger partial charge in [-0.3, -0.25) is 0 Å². The second kappa shape index (κ2) is 4.37. The van der Waals surface area contributed by atoms with Crippen LogP contribution in [-0.2, 0) is 6.42 Å². The number of hydrogen-bond donors (Lipinski definition) is 1. The van der Waals surface area contributed by atoms with E-state index in [2.05, 4.69) is 14.9 Å². The average Bonchev–Trinajstić information content (AvgIpc) is 2.50. The highest BCUT2D eigenvalue weighted by Crippen LogP contribution is 2.14. The van der Waals surface area contributed by atoms with E-state index in [0.29, 0.717) is 0 Å². The fourth-order valence-corrected chi connectivity index (χ4v) is 1.28. The Labute approximate surface area is 77.9 Å². The topological polar surface area (TPSA) is 59.2 Å². The molecule has 1 aromatic rings. The molecular formula is C9H16N2O2. The van der Waals surface area contributed by atoms with E-state index in [4.69, 9.17) is 0 Å². The van der Waals surface area contributed by atoms with E-state index in [1.54, 1.807) is 0 Å². The van der Waals surface area contributed by atoms with Gasteiger partial charge in [-0.1, -0.05) is 24.2 Å². The van der Waals surface area contributed by atoms with Crippen LogP contribution in [0, 0.1) is 12.8 Å². The molecule has 13 heavy (non-hydrogen) atoms. The van der Waals surface area contributed by atoms with Crippen molar-refractivity contribution in [3.05, 3.63) is 11.4 Å². The van der Waals surface area contributed by atoms with Crippen molar-refractivity contribution in [2.75, 3.05) is 0 Å². The van der Waals surface area contributed by atoms with Crippen molar-refractivity contribution in [3.8, 4) is 0 Å². The van der Waals surface area contributed by atoms with Crippen LogP contribution in [0.15, 0.2) is 4.63 Å². The lowest BCUT2D eigenvalue weighted by atomic mass is 9.97. The molecule has 1 heterocycles. The lowest BCUT2D eigenvalue weighted by Gasteiger charge is -2.15. The van der Waals surface area contributed by atoms with Crippen LogP contribution >= 0.6 is 0 Å². The van der Waals surface area contributed by atoms with E-state index in [0.717, 1.165) is 24.2 Å². The fraction of sp³-hybridized carbons (Fsp3) is 0.778. The average molecular weight is 184 g/mol. The normalized spacial score (nSPS) is 15.7. The van der Waals surface area contributed by atoms with Crippen molar-refractivity contribution in [1.82, 2.24) is 10.3 Å². The second-order valence-corrected chi connectivity index (χ2v) is 3.45. The number of hydrogen-bond acceptors (Lipinski definition) is 4. The van der Waals surface area contributed by atoms with Gasteiger partial charge >= 0.3 is 0 Å². The quantitative estimate of drug-likeness (QED) is 0.766. The molecule has 4 heteroatoms. The van der Waals surface area contributed by atoms with Crippen molar-refractivity contribution in [2.45, 2.75) is 39.7 Å². The number of aliphatic hydroxyl groups is 1. The van der Waals surface area contributed by atoms with Gasteiger partial charge in [-0.15, -0.1) is 0 Å². The number of nitrogens with zero attached hydrogens (tertiary/aromatic N) is 2. The summed E-state index contributed by atoms with van der Waals surface area (Å²) in [6, 6.07) is 0. The maximum Gasteiger partial charge on any atom is 0.108 e. The molecule has 0 amide bonds. The van der Waals surface area contributed by atoms with Gasteiger partial charge in [0.15, 0.2) is 0 Å². The minimum Gasteiger partial charge on any atom is -0.393 e. The lowest BCUT2D eigenvalue weighted by Crippen LogP contribution is -2.19. The second-order valence-electron chi connectivity index (χ2n) is 3.45. The zero-order valence-electron chi connectivity index (χ0n) is 8.32. The first-order valence-corrected chi connectivity index (χ1v) is 4.61. The first kappa shape index (κ1) is 10.2. The summed E-state index contributed by atoms with van der Waals surface area (Å²) in [7, 11) is 0. The molecule has 0 saturated carbocycles. The molecule has 1 aromatic heterocycles. The van der Waals surface area contributed by atoms with E-state index in [-0.39, 0.29) is 12.0 Å². The van der Waals surface area contributed by atoms with E-state index in [9.17, 15) is 5.11 Å². The third-order valence-electron chi connectivity index (χ3n) is 2.34. The third-order valence-corrected chi connectivity index (χ3v) is 2.34. The predicted octanol–water partition coefficient (Wildman–Crippen LogP) is 1.33. The zero-order chi connectivity index (χ0) is 9.84. The van der Waals surface area contributed by atoms with Gasteiger partial charge in [-0.25, -0.2) is 4.63 Å². The van der Waals surface area contributed by atoms with Crippen LogP contribution < -0.4 is 0 Å². The van der Waals surface area contributed by atoms with Crippen molar-refractivity contribution < 1.29 is 9.74 Å². The van der Waals surface area contributed by atoms with E-state index >= 15 is 0 Å². The van der Waals surface area contributed by atoms with Gasteiger partial charge in [-0.05, 0) is 19.3 Å². The highest BCUT2D eigenvalue weighted by atomic mass is 16.6. The summed E-state index contributed by atoms with van der Waals surface area (Å²) in [4.78, 5) is 0. The largest absolute Gasteiger partial charge is 0.393 e. The summed E-state index contributed by atoms with van der Waals surface area (Å²) in [5.41, 5.74) is 1.66. The molecule has 0 saturated heterocycles. The van der Waals surface area contributed by atoms with Gasteiger partial charge in [0.1, 0.15) is 11.4 Å². The van der Waals surface area contributed by atoms with Gasteiger partial charge in [-0.2, -0.15) is 0 Å². The molecule has 1 N–H and O–H groups in total. The van der Waals surface area contributed by atoms with E-state index in [1.807, 2.05) is 20.8 Å². The van der Waals surface area contributed by atoms with Gasteiger partial charge < -0.3 is 5.11 Å². The third kappa shape index (κ3) is 2.52. The van der Waals surface area contributed by atoms with Crippen molar-refractivity contribution in [1.29, 1.82) is 0 Å². The summed E-state index contributed by atoms with van der Waals surface area (Å²) in [6.45, 7) is 5.83. The van der Waals surface area contributed by atoms with Crippen LogP contribution in [0.3, 0.4) is 0 Å². The fourth-order valence-electron chi connectivity index (χ4n) is 1.28. The van der Waals surface area contributed by atoms with Gasteiger partial charge in [0, 0.05) is 6.42 Å². The number of rotatable bonds is 4. The van der Waals surface area contributed by atoms with Gasteiger partial charge in [0.25, 0.3) is 0 Å². The maximum atomic E-state index is 9.54. The summed E-state index contributed by atoms with van der Waals surface area (Å²) in [5.74, 6) is 0.204. The van der Waals surface area contributed by atoms with Crippen LogP contribution in [0.5, 0.6) is 0 Å². The molecule has 2 unspecified atom stereocenters. The summed E-state index contributed by atoms with van der Waals surface area (Å²) in [6.07, 6.45) is 1.23. The highest BCUT2D eigenvalue weighted by Gasteiger charge is 2.16. The molecule has 2 atom stereocenters. The Morgan fingerprint density at radius 1 is 1.46 bits per heavy atom. The molecular weight excluding hydrogens is 168 g/mol. The van der Waals surface area contributed by atoms with Crippen molar-refractivity contribution in [3.63, 3.8) is 0 Å². The zero-order valence-corrected chi connectivity index (χ0v) is 8.32. The highest BCUT2D eigenvalue weighted by molar-refractivity contribution is 5.05. The van der Waals surface area contributed by atoms with Crippen LogP contribution in [-0.4, -0.2) is 21.5 Å². The maximum absolute atomic E-state index is 9.54. The van der Waals surface area contributed by atoms with E-state index < -0.39 is 0 Å². The van der Waals surface area contributed by atoms with E-state index in [1.165, 1.54) is 0 Å². The molecule has 0 aliphatic heterocycles. The van der Waals surface area contributed by atoms with Crippen LogP contribution in [0.25, 0.3) is 0 Å². The van der Waals surface area contributed by atoms with Crippen LogP contribution in [0.1, 0.15) is 31.7 Å². The Kier molecular flexibility index (Phi) is 3.42. The Morgan fingerprint density at radius 2 is 2.15 bits per heavy atom. The van der Waals surface area contributed by atoms with Crippen molar-refractivity contribution >= 4 is 0 Å². The minimum atomic E-state index is -0.268. The summed E-state index contributed by atoms with van der Waals surface area (Å²) in [5, 5.41) is 17.0. The molecule has 0 fully saturated rings. The molecule has 74 valence electrons. The number of aliphatic hydroxyl groups excluding tert-OH is 1. The van der Waals surface area contributed by atoms with Crippen LogP contribution in [0.4, 0.5) is 0 Å². The Morgan fingerprint density at radius 3 is 2.62 bits per heavy atom. The molecule has 0 aliphatic carbocycles. The molecule has 0 aliphatic rings. The monoisotopic (exact) mass is 184 g/mol. The Hall–Kier alpha value is -0.900. The van der Waals surface area contributed by atoms with Crippen molar-refractivity contribution in [2.24, 2.45) is 5.92 Å². The Bertz CT molecular complexity index is 260. The molecule has 0 spiro atoms. The number of aryl methyl sites for hydroxylation is 1. The molecule has 0 aromatic carbocycles. The first-order chi connectivity index (χ1) is 6.15. The molecule has 0 bridgehead atoms. The first-order valence-electron chi connectivity index (χ1n) is 4.61.